The quantitative estimate of drug-likeness (QED) is 0.683. The van der Waals surface area contributed by atoms with E-state index in [0.717, 1.165) is 11.3 Å². The number of nitrogens with one attached hydrogen (secondary N) is 1. The van der Waals surface area contributed by atoms with E-state index in [4.69, 9.17) is 4.74 Å². The van der Waals surface area contributed by atoms with Crippen LogP contribution in [0.15, 0.2) is 95.6 Å². The smallest absolute Gasteiger partial charge is 0.288 e. The lowest BCUT2D eigenvalue weighted by molar-refractivity contribution is -0.120. The molecule has 6 heteroatoms. The van der Waals surface area contributed by atoms with Crippen molar-refractivity contribution >= 4 is 23.7 Å². The van der Waals surface area contributed by atoms with Gasteiger partial charge < -0.3 is 4.74 Å². The standard InChI is InChI=1S/C24H19N3O3/c1-30-20-14-12-17(13-15-20)16-21-23(28)26-27(24(29)19-10-6-3-7-11-19)22(25-21)18-8-4-2-5-9-18/h2-16H,1H3,(H,26,28)/b21-16+. The fourth-order valence-corrected chi connectivity index (χ4v) is 3.02. The number of carbonyl (C=O) groups is 2. The topological polar surface area (TPSA) is 71.0 Å². The Kier molecular flexibility index (Phi) is 5.39. The molecule has 1 aliphatic rings. The monoisotopic (exact) mass is 397 g/mol. The van der Waals surface area contributed by atoms with E-state index in [1.165, 1.54) is 5.01 Å². The number of ether oxygens (including phenoxy) is 1. The second-order valence-electron chi connectivity index (χ2n) is 6.55. The maximum Gasteiger partial charge on any atom is 0.288 e. The summed E-state index contributed by atoms with van der Waals surface area (Å²) < 4.78 is 5.17. The Hall–Kier alpha value is -4.19. The third-order valence-corrected chi connectivity index (χ3v) is 4.56. The minimum absolute atomic E-state index is 0.205. The van der Waals surface area contributed by atoms with E-state index >= 15 is 0 Å². The maximum absolute atomic E-state index is 13.1. The number of benzene rings is 3. The Morgan fingerprint density at radius 1 is 0.933 bits per heavy atom. The minimum Gasteiger partial charge on any atom is -0.497 e. The first-order valence-electron chi connectivity index (χ1n) is 9.36. The van der Waals surface area contributed by atoms with E-state index in [0.29, 0.717) is 17.0 Å². The lowest BCUT2D eigenvalue weighted by Crippen LogP contribution is -2.53. The van der Waals surface area contributed by atoms with Crippen LogP contribution in [-0.2, 0) is 4.79 Å². The molecule has 0 unspecified atom stereocenters. The summed E-state index contributed by atoms with van der Waals surface area (Å²) in [4.78, 5) is 30.3. The Morgan fingerprint density at radius 3 is 2.20 bits per heavy atom. The van der Waals surface area contributed by atoms with E-state index in [2.05, 4.69) is 10.4 Å². The summed E-state index contributed by atoms with van der Waals surface area (Å²) in [5.74, 6) is 0.243. The minimum atomic E-state index is -0.463. The summed E-state index contributed by atoms with van der Waals surface area (Å²) in [5, 5.41) is 1.19. The largest absolute Gasteiger partial charge is 0.497 e. The molecule has 1 heterocycles. The van der Waals surface area contributed by atoms with E-state index in [1.807, 2.05) is 48.5 Å². The highest BCUT2D eigenvalue weighted by Crippen LogP contribution is 2.20. The number of amides is 2. The summed E-state index contributed by atoms with van der Waals surface area (Å²) in [5.41, 5.74) is 4.83. The van der Waals surface area contributed by atoms with Gasteiger partial charge in [-0.2, -0.15) is 5.01 Å². The van der Waals surface area contributed by atoms with Gasteiger partial charge in [0.15, 0.2) is 5.84 Å². The molecule has 0 saturated carbocycles. The number of hydrazine groups is 1. The Bertz CT molecular complexity index is 1120. The van der Waals surface area contributed by atoms with Crippen molar-refractivity contribution in [3.05, 3.63) is 107 Å². The first-order chi connectivity index (χ1) is 14.7. The van der Waals surface area contributed by atoms with Gasteiger partial charge in [-0.05, 0) is 35.9 Å². The van der Waals surface area contributed by atoms with Crippen molar-refractivity contribution in [1.82, 2.24) is 10.4 Å². The number of rotatable bonds is 4. The van der Waals surface area contributed by atoms with Crippen molar-refractivity contribution < 1.29 is 14.3 Å². The molecule has 0 spiro atoms. The van der Waals surface area contributed by atoms with Crippen LogP contribution in [0.25, 0.3) is 6.08 Å². The Labute approximate surface area is 174 Å². The SMILES string of the molecule is COc1ccc(/C=C2/N=C(c3ccccc3)N(C(=O)c3ccccc3)NC2=O)cc1. The van der Waals surface area contributed by atoms with Gasteiger partial charge in [0.2, 0.25) is 0 Å². The molecule has 0 aromatic heterocycles. The molecule has 148 valence electrons. The third kappa shape index (κ3) is 3.98. The summed E-state index contributed by atoms with van der Waals surface area (Å²) in [6.45, 7) is 0. The molecule has 3 aromatic rings. The van der Waals surface area contributed by atoms with Gasteiger partial charge in [-0.25, -0.2) is 4.99 Å². The number of aliphatic imine (C=N–C) groups is 1. The number of carbonyl (C=O) groups excluding carboxylic acids is 2. The van der Waals surface area contributed by atoms with Crippen molar-refractivity contribution in [3.8, 4) is 5.75 Å². The Morgan fingerprint density at radius 2 is 1.57 bits per heavy atom. The molecule has 2 amide bonds. The molecule has 1 aliphatic heterocycles. The third-order valence-electron chi connectivity index (χ3n) is 4.56. The van der Waals surface area contributed by atoms with Gasteiger partial charge in [0.05, 0.1) is 7.11 Å². The first-order valence-corrected chi connectivity index (χ1v) is 9.36. The van der Waals surface area contributed by atoms with Crippen LogP contribution in [0.3, 0.4) is 0 Å². The maximum atomic E-state index is 13.1. The van der Waals surface area contributed by atoms with E-state index in [1.54, 1.807) is 49.6 Å². The zero-order valence-corrected chi connectivity index (χ0v) is 16.3. The van der Waals surface area contributed by atoms with Gasteiger partial charge in [-0.1, -0.05) is 60.7 Å². The van der Waals surface area contributed by atoms with Gasteiger partial charge in [0.1, 0.15) is 11.4 Å². The van der Waals surface area contributed by atoms with Gasteiger partial charge in [-0.3, -0.25) is 15.0 Å². The Balaban J connectivity index is 1.76. The average Bonchev–Trinajstić information content (AvgIpc) is 2.81. The highest BCUT2D eigenvalue weighted by Gasteiger charge is 2.30. The second kappa shape index (κ2) is 8.45. The van der Waals surface area contributed by atoms with Crippen molar-refractivity contribution in [1.29, 1.82) is 0 Å². The fraction of sp³-hybridized carbons (Fsp3) is 0.0417. The molecule has 6 nitrogen and oxygen atoms in total. The molecule has 0 radical (unpaired) electrons. The van der Waals surface area contributed by atoms with Crippen molar-refractivity contribution in [2.45, 2.75) is 0 Å². The number of nitrogens with zero attached hydrogens (tertiary/aromatic N) is 2. The highest BCUT2D eigenvalue weighted by atomic mass is 16.5. The first kappa shape index (κ1) is 19.1. The fourth-order valence-electron chi connectivity index (χ4n) is 3.02. The predicted octanol–water partition coefficient (Wildman–Crippen LogP) is 3.67. The number of hydrogen-bond donors (Lipinski definition) is 1. The van der Waals surface area contributed by atoms with E-state index in [9.17, 15) is 9.59 Å². The number of amidine groups is 1. The molecular formula is C24H19N3O3. The van der Waals surface area contributed by atoms with E-state index in [-0.39, 0.29) is 11.6 Å². The summed E-state index contributed by atoms with van der Waals surface area (Å²) in [7, 11) is 1.59. The molecule has 1 N–H and O–H groups in total. The predicted molar refractivity (Wildman–Crippen MR) is 115 cm³/mol. The summed E-state index contributed by atoms with van der Waals surface area (Å²) in [6, 6.07) is 25.3. The lowest BCUT2D eigenvalue weighted by atomic mass is 10.1. The van der Waals surface area contributed by atoms with E-state index < -0.39 is 5.91 Å². The summed E-state index contributed by atoms with van der Waals surface area (Å²) >= 11 is 0. The molecule has 30 heavy (non-hydrogen) atoms. The molecular weight excluding hydrogens is 378 g/mol. The molecule has 0 saturated heterocycles. The van der Waals surface area contributed by atoms with Crippen LogP contribution in [0.2, 0.25) is 0 Å². The van der Waals surface area contributed by atoms with Crippen LogP contribution in [0.1, 0.15) is 21.5 Å². The normalized spacial score (nSPS) is 14.8. The van der Waals surface area contributed by atoms with Crippen LogP contribution in [0.4, 0.5) is 0 Å². The van der Waals surface area contributed by atoms with Crippen molar-refractivity contribution in [3.63, 3.8) is 0 Å². The van der Waals surface area contributed by atoms with Crippen LogP contribution >= 0.6 is 0 Å². The zero-order chi connectivity index (χ0) is 20.9. The van der Waals surface area contributed by atoms with Crippen LogP contribution in [0.5, 0.6) is 5.75 Å². The summed E-state index contributed by atoms with van der Waals surface area (Å²) in [6.07, 6.45) is 1.67. The molecule has 0 aliphatic carbocycles. The van der Waals surface area contributed by atoms with Crippen molar-refractivity contribution in [2.24, 2.45) is 4.99 Å². The lowest BCUT2D eigenvalue weighted by Gasteiger charge is -2.28. The molecule has 0 atom stereocenters. The van der Waals surface area contributed by atoms with Gasteiger partial charge >= 0.3 is 0 Å². The molecule has 4 rings (SSSR count). The van der Waals surface area contributed by atoms with Gasteiger partial charge in [-0.15, -0.1) is 0 Å². The molecule has 3 aromatic carbocycles. The number of methoxy groups -OCH3 is 1. The van der Waals surface area contributed by atoms with Crippen LogP contribution in [0, 0.1) is 0 Å². The second-order valence-corrected chi connectivity index (χ2v) is 6.55. The van der Waals surface area contributed by atoms with Crippen LogP contribution in [-0.4, -0.2) is 29.8 Å². The van der Waals surface area contributed by atoms with Crippen LogP contribution < -0.4 is 10.2 Å². The molecule has 0 fully saturated rings. The highest BCUT2D eigenvalue weighted by molar-refractivity contribution is 6.18. The molecule has 0 bridgehead atoms. The number of hydrogen-bond acceptors (Lipinski definition) is 4. The van der Waals surface area contributed by atoms with Gasteiger partial charge in [0, 0.05) is 11.1 Å². The average molecular weight is 397 g/mol. The zero-order valence-electron chi connectivity index (χ0n) is 16.3. The van der Waals surface area contributed by atoms with Gasteiger partial charge in [0.25, 0.3) is 11.8 Å². The van der Waals surface area contributed by atoms with Crippen molar-refractivity contribution in [2.75, 3.05) is 7.11 Å².